The smallest absolute Gasteiger partial charge is 0.258 e. The largest absolute Gasteiger partial charge is 0.365 e. The number of fused-ring (bicyclic) bond motifs is 3. The molecule has 12 heteroatoms. The number of aromatic amines is 1. The summed E-state index contributed by atoms with van der Waals surface area (Å²) in [4.78, 5) is 29.6. The molecule has 1 saturated carbocycles. The molecule has 35 heavy (non-hydrogen) atoms. The van der Waals surface area contributed by atoms with E-state index in [2.05, 4.69) is 43.5 Å². The van der Waals surface area contributed by atoms with Crippen LogP contribution in [0.2, 0.25) is 0 Å². The molecule has 6 rings (SSSR count). The van der Waals surface area contributed by atoms with E-state index in [0.717, 1.165) is 41.7 Å². The van der Waals surface area contributed by atoms with E-state index >= 15 is 0 Å². The predicted molar refractivity (Wildman–Crippen MR) is 129 cm³/mol. The first kappa shape index (κ1) is 22.3. The number of nitrogens with zero attached hydrogens (tertiary/aromatic N) is 5. The Labute approximate surface area is 209 Å². The van der Waals surface area contributed by atoms with E-state index in [0.29, 0.717) is 29.6 Å². The number of H-pyrrole nitrogens is 1. The number of hydrogen-bond donors (Lipinski definition) is 3. The normalized spacial score (nSPS) is 26.4. The van der Waals surface area contributed by atoms with Crippen LogP contribution in [0, 0.1) is 17.2 Å². The molecule has 0 radical (unpaired) electrons. The van der Waals surface area contributed by atoms with Gasteiger partial charge in [-0.3, -0.25) is 9.59 Å². The van der Waals surface area contributed by atoms with Crippen LogP contribution in [-0.4, -0.2) is 62.5 Å². The van der Waals surface area contributed by atoms with E-state index < -0.39 is 11.3 Å². The SMILES string of the molecule is N#C[C@@H]1C[C@@H]2C[C@@H]2N1C(=O)CNCCC1(c2nn[nH]n2)c2ccsc2CCc2sc(C(N)=O)cc21. The van der Waals surface area contributed by atoms with Crippen molar-refractivity contribution in [3.63, 3.8) is 0 Å². The van der Waals surface area contributed by atoms with E-state index in [1.807, 2.05) is 6.07 Å². The highest BCUT2D eigenvalue weighted by Crippen LogP contribution is 2.49. The lowest BCUT2D eigenvalue weighted by molar-refractivity contribution is -0.131. The van der Waals surface area contributed by atoms with Crippen molar-refractivity contribution in [2.45, 2.75) is 49.6 Å². The van der Waals surface area contributed by atoms with Crippen molar-refractivity contribution in [2.75, 3.05) is 13.1 Å². The van der Waals surface area contributed by atoms with Crippen molar-refractivity contribution in [3.8, 4) is 6.07 Å². The van der Waals surface area contributed by atoms with Gasteiger partial charge in [0, 0.05) is 15.8 Å². The molecular formula is C23H24N8O2S2. The minimum absolute atomic E-state index is 0.0283. The summed E-state index contributed by atoms with van der Waals surface area (Å²) in [7, 11) is 0. The summed E-state index contributed by atoms with van der Waals surface area (Å²) < 4.78 is 0. The number of aromatic nitrogens is 4. The predicted octanol–water partition coefficient (Wildman–Crippen LogP) is 1.35. The number of thiophene rings is 2. The fourth-order valence-electron chi connectivity index (χ4n) is 5.84. The molecule has 2 aliphatic carbocycles. The summed E-state index contributed by atoms with van der Waals surface area (Å²) in [6, 6.07) is 6.18. The van der Waals surface area contributed by atoms with Gasteiger partial charge >= 0.3 is 0 Å². The number of likely N-dealkylation sites (tertiary alicyclic amines) is 1. The maximum Gasteiger partial charge on any atom is 0.258 e. The van der Waals surface area contributed by atoms with Gasteiger partial charge in [-0.2, -0.15) is 10.5 Å². The summed E-state index contributed by atoms with van der Waals surface area (Å²) in [5.41, 5.74) is 7.01. The molecule has 3 aromatic rings. The topological polar surface area (TPSA) is 154 Å². The van der Waals surface area contributed by atoms with E-state index in [4.69, 9.17) is 5.73 Å². The quantitative estimate of drug-likeness (QED) is 0.407. The average molecular weight is 509 g/mol. The minimum Gasteiger partial charge on any atom is -0.365 e. The Morgan fingerprint density at radius 1 is 1.31 bits per heavy atom. The van der Waals surface area contributed by atoms with Crippen LogP contribution in [0.3, 0.4) is 0 Å². The van der Waals surface area contributed by atoms with Crippen LogP contribution in [0.1, 0.15) is 55.6 Å². The standard InChI is InChI=1S/C23H24N8O2S2/c24-10-13-7-12-8-16(12)31(13)20(32)11-26-5-4-23(22-27-29-30-28-22)14-3-6-34-17(14)1-2-18-15(23)9-19(35-18)21(25)33/h3,6,9,12-13,16,26H,1-2,4-5,7-8,11H2,(H2,25,33)(H,27,28,29,30)/t12-,13+,16+,23?/m1/s1. The molecule has 4 atom stereocenters. The van der Waals surface area contributed by atoms with Gasteiger partial charge in [0.15, 0.2) is 5.82 Å². The molecule has 0 bridgehead atoms. The Kier molecular flexibility index (Phi) is 5.43. The van der Waals surface area contributed by atoms with E-state index in [1.165, 1.54) is 16.2 Å². The van der Waals surface area contributed by atoms with Gasteiger partial charge in [-0.1, -0.05) is 5.21 Å². The van der Waals surface area contributed by atoms with E-state index in [-0.39, 0.29) is 24.5 Å². The van der Waals surface area contributed by atoms with E-state index in [1.54, 1.807) is 16.2 Å². The van der Waals surface area contributed by atoms with Gasteiger partial charge in [0.25, 0.3) is 5.91 Å². The van der Waals surface area contributed by atoms with Gasteiger partial charge in [0.05, 0.1) is 22.9 Å². The van der Waals surface area contributed by atoms with Gasteiger partial charge in [0.2, 0.25) is 5.91 Å². The molecule has 0 spiro atoms. The zero-order chi connectivity index (χ0) is 24.2. The van der Waals surface area contributed by atoms with Gasteiger partial charge in [-0.25, -0.2) is 0 Å². The van der Waals surface area contributed by atoms with Crippen LogP contribution < -0.4 is 11.1 Å². The molecule has 1 saturated heterocycles. The number of nitrogens with one attached hydrogen (secondary N) is 2. The highest BCUT2D eigenvalue weighted by molar-refractivity contribution is 7.14. The number of aryl methyl sites for hydroxylation is 2. The Morgan fingerprint density at radius 2 is 2.17 bits per heavy atom. The van der Waals surface area contributed by atoms with Gasteiger partial charge in [-0.15, -0.1) is 32.9 Å². The molecule has 4 N–H and O–H groups in total. The molecular weight excluding hydrogens is 484 g/mol. The molecule has 2 fully saturated rings. The summed E-state index contributed by atoms with van der Waals surface area (Å²) >= 11 is 3.14. The number of tetrazole rings is 1. The molecule has 3 aliphatic rings. The summed E-state index contributed by atoms with van der Waals surface area (Å²) in [6.45, 7) is 0.680. The maximum atomic E-state index is 12.9. The van der Waals surface area contributed by atoms with Crippen molar-refractivity contribution in [1.82, 2.24) is 30.8 Å². The summed E-state index contributed by atoms with van der Waals surface area (Å²) in [5, 5.41) is 30.1. The zero-order valence-electron chi connectivity index (χ0n) is 18.9. The Bertz CT molecular complexity index is 1330. The molecule has 1 aliphatic heterocycles. The number of amides is 2. The maximum absolute atomic E-state index is 12.9. The van der Waals surface area contributed by atoms with Gasteiger partial charge < -0.3 is 16.0 Å². The number of carbonyl (C=O) groups is 2. The molecule has 2 amide bonds. The number of carbonyl (C=O) groups excluding carboxylic acids is 2. The number of hydrogen-bond acceptors (Lipinski definition) is 9. The monoisotopic (exact) mass is 508 g/mol. The first-order valence-electron chi connectivity index (χ1n) is 11.7. The second-order valence-electron chi connectivity index (χ2n) is 9.38. The second kappa shape index (κ2) is 8.51. The third-order valence-electron chi connectivity index (χ3n) is 7.52. The summed E-state index contributed by atoms with van der Waals surface area (Å²) in [6.07, 6.45) is 4.03. The van der Waals surface area contributed by atoms with Crippen LogP contribution in [-0.2, 0) is 23.1 Å². The number of piperidine rings is 1. The van der Waals surface area contributed by atoms with Crippen LogP contribution in [0.4, 0.5) is 0 Å². The Hall–Kier alpha value is -3.14. The van der Waals surface area contributed by atoms with Crippen molar-refractivity contribution < 1.29 is 9.59 Å². The number of nitrogens with two attached hydrogens (primary N) is 1. The fourth-order valence-corrected chi connectivity index (χ4v) is 7.89. The lowest BCUT2D eigenvalue weighted by Crippen LogP contribution is -2.44. The number of nitriles is 1. The third kappa shape index (κ3) is 3.57. The first-order chi connectivity index (χ1) is 17.0. The zero-order valence-corrected chi connectivity index (χ0v) is 20.5. The Balaban J connectivity index is 1.30. The molecule has 180 valence electrons. The minimum atomic E-state index is -0.723. The number of rotatable bonds is 7. The highest BCUT2D eigenvalue weighted by atomic mass is 32.1. The Morgan fingerprint density at radius 3 is 2.94 bits per heavy atom. The van der Waals surface area contributed by atoms with Crippen molar-refractivity contribution in [2.24, 2.45) is 11.7 Å². The molecule has 3 aromatic heterocycles. The lowest BCUT2D eigenvalue weighted by atomic mass is 9.72. The highest BCUT2D eigenvalue weighted by Gasteiger charge is 2.54. The fraction of sp³-hybridized carbons (Fsp3) is 0.478. The summed E-state index contributed by atoms with van der Waals surface area (Å²) in [5.74, 6) is 0.548. The van der Waals surface area contributed by atoms with Crippen molar-refractivity contribution in [1.29, 1.82) is 5.26 Å². The molecule has 4 heterocycles. The molecule has 10 nitrogen and oxygen atoms in total. The molecule has 1 unspecified atom stereocenters. The van der Waals surface area contributed by atoms with Gasteiger partial charge in [-0.05, 0) is 73.2 Å². The van der Waals surface area contributed by atoms with Crippen LogP contribution in [0.15, 0.2) is 17.5 Å². The van der Waals surface area contributed by atoms with Crippen LogP contribution >= 0.6 is 22.7 Å². The second-order valence-corrected chi connectivity index (χ2v) is 11.5. The van der Waals surface area contributed by atoms with E-state index in [9.17, 15) is 14.9 Å². The number of primary amides is 1. The lowest BCUT2D eigenvalue weighted by Gasteiger charge is -2.31. The van der Waals surface area contributed by atoms with Crippen LogP contribution in [0.5, 0.6) is 0 Å². The van der Waals surface area contributed by atoms with Crippen molar-refractivity contribution >= 4 is 34.5 Å². The average Bonchev–Trinajstić information content (AvgIpc) is 3.38. The molecule has 0 aromatic carbocycles. The van der Waals surface area contributed by atoms with Crippen LogP contribution in [0.25, 0.3) is 0 Å². The van der Waals surface area contributed by atoms with Crippen molar-refractivity contribution in [3.05, 3.63) is 49.1 Å². The first-order valence-corrected chi connectivity index (χ1v) is 13.4. The van der Waals surface area contributed by atoms with Gasteiger partial charge in [0.1, 0.15) is 6.04 Å². The third-order valence-corrected chi connectivity index (χ3v) is 9.71.